The van der Waals surface area contributed by atoms with E-state index >= 15 is 0 Å². The van der Waals surface area contributed by atoms with Gasteiger partial charge in [-0.1, -0.05) is 48.2 Å². The molecule has 1 aromatic heterocycles. The minimum Gasteiger partial charge on any atom is -0.476 e. The first kappa shape index (κ1) is 20.8. The molecule has 6 nitrogen and oxygen atoms in total. The number of carbonyl (C=O) groups excluding carboxylic acids is 1. The van der Waals surface area contributed by atoms with Crippen molar-refractivity contribution in [3.05, 3.63) is 59.1 Å². The zero-order chi connectivity index (χ0) is 20.9. The normalized spacial score (nSPS) is 16.5. The first-order chi connectivity index (χ1) is 14.6. The van der Waals surface area contributed by atoms with Crippen molar-refractivity contribution in [3.63, 3.8) is 0 Å². The summed E-state index contributed by atoms with van der Waals surface area (Å²) in [7, 11) is 0. The van der Waals surface area contributed by atoms with Crippen molar-refractivity contribution >= 4 is 45.7 Å². The lowest BCUT2D eigenvalue weighted by atomic mass is 10.1. The van der Waals surface area contributed by atoms with Gasteiger partial charge >= 0.3 is 5.97 Å². The highest BCUT2D eigenvalue weighted by molar-refractivity contribution is 8.01. The van der Waals surface area contributed by atoms with Gasteiger partial charge in [0.25, 0.3) is 0 Å². The zero-order valence-corrected chi connectivity index (χ0v) is 18.0. The molecule has 2 heterocycles. The maximum absolute atomic E-state index is 12.3. The third-order valence-electron chi connectivity index (χ3n) is 5.24. The van der Waals surface area contributed by atoms with Gasteiger partial charge in [-0.3, -0.25) is 4.79 Å². The van der Waals surface area contributed by atoms with Crippen molar-refractivity contribution in [3.8, 4) is 0 Å². The number of carboxylic acid groups (broad SMARTS) is 1. The standard InChI is InChI=1S/C22H23N3O3S2/c26-20-8-7-18(25(20)9-10-29-22-24-19(14-30-22)21(27)28)13-23-12-15-5-6-16-3-1-2-4-17(16)11-15/h1-6,11,14,18,23H,7-10,12-13H2,(H,27,28). The Morgan fingerprint density at radius 3 is 2.90 bits per heavy atom. The predicted octanol–water partition coefficient (Wildman–Crippen LogP) is 3.87. The number of carbonyl (C=O) groups is 2. The molecule has 2 N–H and O–H groups in total. The van der Waals surface area contributed by atoms with E-state index in [1.165, 1.54) is 39.4 Å². The number of hydrogen-bond acceptors (Lipinski definition) is 6. The number of nitrogens with one attached hydrogen (secondary N) is 1. The Bertz CT molecular complexity index is 1050. The SMILES string of the molecule is O=C(O)c1csc(SCCN2C(=O)CCC2CNCc2ccc3ccccc3c2)n1. The number of likely N-dealkylation sites (tertiary alicyclic amines) is 1. The van der Waals surface area contributed by atoms with Crippen LogP contribution in [0.4, 0.5) is 0 Å². The quantitative estimate of drug-likeness (QED) is 0.491. The third-order valence-corrected chi connectivity index (χ3v) is 7.24. The fraction of sp³-hybridized carbons (Fsp3) is 0.318. The molecular weight excluding hydrogens is 418 g/mol. The number of benzene rings is 2. The molecule has 156 valence electrons. The van der Waals surface area contributed by atoms with E-state index in [4.69, 9.17) is 5.11 Å². The molecule has 0 bridgehead atoms. The zero-order valence-electron chi connectivity index (χ0n) is 16.4. The van der Waals surface area contributed by atoms with Crippen LogP contribution in [-0.4, -0.2) is 51.8 Å². The highest BCUT2D eigenvalue weighted by atomic mass is 32.2. The average molecular weight is 442 g/mol. The van der Waals surface area contributed by atoms with Crippen molar-refractivity contribution in [1.82, 2.24) is 15.2 Å². The number of fused-ring (bicyclic) bond motifs is 1. The lowest BCUT2D eigenvalue weighted by molar-refractivity contribution is -0.128. The van der Waals surface area contributed by atoms with Gasteiger partial charge in [0.15, 0.2) is 10.0 Å². The van der Waals surface area contributed by atoms with E-state index in [1.807, 2.05) is 17.0 Å². The molecule has 1 fully saturated rings. The van der Waals surface area contributed by atoms with Gasteiger partial charge in [0.05, 0.1) is 0 Å². The Labute approximate surface area is 183 Å². The minimum atomic E-state index is -1.01. The molecule has 2 aromatic carbocycles. The van der Waals surface area contributed by atoms with Crippen LogP contribution in [0.3, 0.4) is 0 Å². The molecule has 1 aliphatic rings. The molecule has 1 saturated heterocycles. The van der Waals surface area contributed by atoms with Crippen LogP contribution in [0, 0.1) is 0 Å². The second-order valence-electron chi connectivity index (χ2n) is 7.24. The van der Waals surface area contributed by atoms with Gasteiger partial charge < -0.3 is 15.3 Å². The van der Waals surface area contributed by atoms with Crippen molar-refractivity contribution in [2.75, 3.05) is 18.8 Å². The van der Waals surface area contributed by atoms with E-state index in [1.54, 1.807) is 5.38 Å². The summed E-state index contributed by atoms with van der Waals surface area (Å²) >= 11 is 2.83. The highest BCUT2D eigenvalue weighted by Crippen LogP contribution is 2.25. The van der Waals surface area contributed by atoms with E-state index in [9.17, 15) is 9.59 Å². The number of aromatic nitrogens is 1. The van der Waals surface area contributed by atoms with Crippen LogP contribution in [-0.2, 0) is 11.3 Å². The van der Waals surface area contributed by atoms with Gasteiger partial charge in [-0.2, -0.15) is 0 Å². The smallest absolute Gasteiger partial charge is 0.355 e. The maximum Gasteiger partial charge on any atom is 0.355 e. The molecule has 1 amide bonds. The third kappa shape index (κ3) is 5.00. The number of hydrogen-bond donors (Lipinski definition) is 2. The van der Waals surface area contributed by atoms with Crippen molar-refractivity contribution in [1.29, 1.82) is 0 Å². The number of thioether (sulfide) groups is 1. The minimum absolute atomic E-state index is 0.0792. The van der Waals surface area contributed by atoms with Crippen molar-refractivity contribution < 1.29 is 14.7 Å². The molecule has 0 spiro atoms. The van der Waals surface area contributed by atoms with Crippen LogP contribution in [0.5, 0.6) is 0 Å². The van der Waals surface area contributed by atoms with Gasteiger partial charge in [0.1, 0.15) is 0 Å². The second-order valence-corrected chi connectivity index (χ2v) is 9.44. The van der Waals surface area contributed by atoms with Crippen LogP contribution in [0.2, 0.25) is 0 Å². The van der Waals surface area contributed by atoms with Crippen molar-refractivity contribution in [2.45, 2.75) is 29.8 Å². The van der Waals surface area contributed by atoms with E-state index in [2.05, 4.69) is 40.6 Å². The summed E-state index contributed by atoms with van der Waals surface area (Å²) in [5.74, 6) is -0.108. The summed E-state index contributed by atoms with van der Waals surface area (Å²) < 4.78 is 0.727. The van der Waals surface area contributed by atoms with Crippen molar-refractivity contribution in [2.24, 2.45) is 0 Å². The maximum atomic E-state index is 12.3. The predicted molar refractivity (Wildman–Crippen MR) is 120 cm³/mol. The fourth-order valence-corrected chi connectivity index (χ4v) is 5.51. The first-order valence-corrected chi connectivity index (χ1v) is 11.8. The van der Waals surface area contributed by atoms with Gasteiger partial charge in [0.2, 0.25) is 5.91 Å². The molecule has 30 heavy (non-hydrogen) atoms. The molecule has 1 aliphatic heterocycles. The van der Waals surface area contributed by atoms with E-state index in [0.29, 0.717) is 18.7 Å². The first-order valence-electron chi connectivity index (χ1n) is 9.89. The molecule has 0 radical (unpaired) electrons. The van der Waals surface area contributed by atoms with Crippen LogP contribution in [0.25, 0.3) is 10.8 Å². The number of carboxylic acids is 1. The Morgan fingerprint density at radius 1 is 1.27 bits per heavy atom. The second kappa shape index (κ2) is 9.59. The number of amides is 1. The summed E-state index contributed by atoms with van der Waals surface area (Å²) in [6.07, 6.45) is 1.46. The molecule has 8 heteroatoms. The Kier molecular flexibility index (Phi) is 6.66. The number of aromatic carboxylic acids is 1. The Morgan fingerprint density at radius 2 is 2.10 bits per heavy atom. The van der Waals surface area contributed by atoms with Gasteiger partial charge in [-0.15, -0.1) is 11.3 Å². The van der Waals surface area contributed by atoms with Crippen LogP contribution >= 0.6 is 23.1 Å². The Hall–Kier alpha value is -2.42. The largest absolute Gasteiger partial charge is 0.476 e. The van der Waals surface area contributed by atoms with Gasteiger partial charge in [0, 0.05) is 43.2 Å². The van der Waals surface area contributed by atoms with E-state index in [-0.39, 0.29) is 17.6 Å². The average Bonchev–Trinajstić information content (AvgIpc) is 3.36. The molecule has 1 unspecified atom stereocenters. The summed E-state index contributed by atoms with van der Waals surface area (Å²) in [5, 5.41) is 16.5. The number of rotatable bonds is 9. The van der Waals surface area contributed by atoms with E-state index in [0.717, 1.165) is 23.8 Å². The van der Waals surface area contributed by atoms with Gasteiger partial charge in [-0.05, 0) is 28.8 Å². The van der Waals surface area contributed by atoms with Gasteiger partial charge in [-0.25, -0.2) is 9.78 Å². The molecular formula is C22H23N3O3S2. The molecule has 0 aliphatic carbocycles. The molecule has 1 atom stereocenters. The lowest BCUT2D eigenvalue weighted by Gasteiger charge is -2.25. The molecule has 3 aromatic rings. The lowest BCUT2D eigenvalue weighted by Crippen LogP contribution is -2.41. The summed E-state index contributed by atoms with van der Waals surface area (Å²) in [6.45, 7) is 2.19. The topological polar surface area (TPSA) is 82.5 Å². The summed E-state index contributed by atoms with van der Waals surface area (Å²) in [6, 6.07) is 15.0. The van der Waals surface area contributed by atoms with Crippen LogP contribution < -0.4 is 5.32 Å². The van der Waals surface area contributed by atoms with Crippen LogP contribution in [0.15, 0.2) is 52.2 Å². The number of nitrogens with zero attached hydrogens (tertiary/aromatic N) is 2. The Balaban J connectivity index is 1.26. The fourth-order valence-electron chi connectivity index (χ4n) is 3.70. The van der Waals surface area contributed by atoms with Crippen LogP contribution in [0.1, 0.15) is 28.9 Å². The summed E-state index contributed by atoms with van der Waals surface area (Å²) in [5.41, 5.74) is 1.31. The molecule has 4 rings (SSSR count). The highest BCUT2D eigenvalue weighted by Gasteiger charge is 2.30. The van der Waals surface area contributed by atoms with E-state index < -0.39 is 5.97 Å². The molecule has 0 saturated carbocycles. The monoisotopic (exact) mass is 441 g/mol. The summed E-state index contributed by atoms with van der Waals surface area (Å²) in [4.78, 5) is 29.3. The number of thiazole rings is 1.